The summed E-state index contributed by atoms with van der Waals surface area (Å²) in [5.74, 6) is 0.610. The first-order valence-corrected chi connectivity index (χ1v) is 21.8. The lowest BCUT2D eigenvalue weighted by molar-refractivity contribution is 1.16. The van der Waals surface area contributed by atoms with Crippen molar-refractivity contribution >= 4 is 43.6 Å². The predicted octanol–water partition coefficient (Wildman–Crippen LogP) is 14.7. The lowest BCUT2D eigenvalue weighted by Gasteiger charge is -2.21. The van der Waals surface area contributed by atoms with Crippen molar-refractivity contribution in [1.82, 2.24) is 19.1 Å². The molecule has 306 valence electrons. The molecule has 0 aliphatic rings. The molecule has 3 aromatic heterocycles. The maximum absolute atomic E-state index is 10.3. The molecule has 6 heteroatoms. The maximum atomic E-state index is 10.3. The number of hydrogen-bond acceptors (Lipinski definition) is 4. The molecule has 66 heavy (non-hydrogen) atoms. The van der Waals surface area contributed by atoms with Crippen molar-refractivity contribution in [3.05, 3.63) is 230 Å². The molecule has 0 unspecified atom stereocenters. The Morgan fingerprint density at radius 2 is 0.788 bits per heavy atom. The SMILES string of the molecule is N#Cc1cccc(-c2cc(-c3cc(-c4ccccc4)nc(-c4ccccc4)n3)cc(-c3cccc(C#N)c3)c2-n2c3ccccc3c3cc(-n4c5ccccc5c5ccccc54)ccc32)c1. The Bertz CT molecular complexity index is 3770. The smallest absolute Gasteiger partial charge is 0.160 e. The number of hydrogen-bond donors (Lipinski definition) is 0. The topological polar surface area (TPSA) is 83.2 Å². The normalized spacial score (nSPS) is 11.3. The van der Waals surface area contributed by atoms with Gasteiger partial charge in [-0.3, -0.25) is 0 Å². The van der Waals surface area contributed by atoms with E-state index < -0.39 is 0 Å². The van der Waals surface area contributed by atoms with Gasteiger partial charge in [-0.2, -0.15) is 10.5 Å². The fourth-order valence-electron chi connectivity index (χ4n) is 9.59. The number of nitriles is 2. The Morgan fingerprint density at radius 3 is 1.35 bits per heavy atom. The zero-order valence-electron chi connectivity index (χ0n) is 35.5. The molecule has 12 rings (SSSR count). The van der Waals surface area contributed by atoms with Gasteiger partial charge in [0.1, 0.15) is 0 Å². The van der Waals surface area contributed by atoms with Gasteiger partial charge in [0.05, 0.1) is 62.4 Å². The van der Waals surface area contributed by atoms with Gasteiger partial charge in [0.15, 0.2) is 5.82 Å². The van der Waals surface area contributed by atoms with Gasteiger partial charge in [0.25, 0.3) is 0 Å². The molecular weight excluding hydrogens is 805 g/mol. The van der Waals surface area contributed by atoms with E-state index in [1.165, 1.54) is 10.8 Å². The van der Waals surface area contributed by atoms with E-state index in [4.69, 9.17) is 9.97 Å². The molecule has 0 amide bonds. The zero-order chi connectivity index (χ0) is 44.1. The third-order valence-electron chi connectivity index (χ3n) is 12.6. The Balaban J connectivity index is 1.19. The van der Waals surface area contributed by atoms with Gasteiger partial charge in [-0.25, -0.2) is 9.97 Å². The summed E-state index contributed by atoms with van der Waals surface area (Å²) in [7, 11) is 0. The van der Waals surface area contributed by atoms with Crippen molar-refractivity contribution in [2.45, 2.75) is 0 Å². The van der Waals surface area contributed by atoms with Gasteiger partial charge in [-0.05, 0) is 90.0 Å². The minimum atomic E-state index is 0.551. The van der Waals surface area contributed by atoms with Gasteiger partial charge in [0, 0.05) is 55.0 Å². The molecule has 0 saturated heterocycles. The molecule has 0 aliphatic carbocycles. The molecule has 0 radical (unpaired) electrons. The van der Waals surface area contributed by atoms with Crippen molar-refractivity contribution in [1.29, 1.82) is 10.5 Å². The lowest BCUT2D eigenvalue weighted by Crippen LogP contribution is -2.03. The van der Waals surface area contributed by atoms with E-state index in [1.807, 2.05) is 84.9 Å². The Morgan fingerprint density at radius 1 is 0.333 bits per heavy atom. The van der Waals surface area contributed by atoms with Crippen LogP contribution in [0, 0.1) is 22.7 Å². The average Bonchev–Trinajstić information content (AvgIpc) is 3.91. The second-order valence-corrected chi connectivity index (χ2v) is 16.4. The van der Waals surface area contributed by atoms with Crippen LogP contribution in [0.2, 0.25) is 0 Å². The first-order chi connectivity index (χ1) is 32.6. The third kappa shape index (κ3) is 6.41. The molecule has 0 aliphatic heterocycles. The van der Waals surface area contributed by atoms with E-state index in [9.17, 15) is 10.5 Å². The molecule has 0 saturated carbocycles. The maximum Gasteiger partial charge on any atom is 0.160 e. The van der Waals surface area contributed by atoms with Crippen LogP contribution in [0.4, 0.5) is 0 Å². The van der Waals surface area contributed by atoms with E-state index in [-0.39, 0.29) is 0 Å². The van der Waals surface area contributed by atoms with Gasteiger partial charge < -0.3 is 9.13 Å². The number of rotatable bonds is 7. The summed E-state index contributed by atoms with van der Waals surface area (Å²) in [6, 6.07) is 79.6. The van der Waals surface area contributed by atoms with Gasteiger partial charge in [-0.1, -0.05) is 140 Å². The summed E-state index contributed by atoms with van der Waals surface area (Å²) in [6.07, 6.45) is 0. The van der Waals surface area contributed by atoms with E-state index in [0.29, 0.717) is 17.0 Å². The zero-order valence-corrected chi connectivity index (χ0v) is 35.5. The van der Waals surface area contributed by atoms with Gasteiger partial charge in [0.2, 0.25) is 0 Å². The number of aromatic nitrogens is 4. The Labute approximate surface area is 380 Å². The van der Waals surface area contributed by atoms with Crippen LogP contribution in [0.25, 0.3) is 111 Å². The highest BCUT2D eigenvalue weighted by Gasteiger charge is 2.24. The number of benzene rings is 9. The van der Waals surface area contributed by atoms with E-state index in [1.54, 1.807) is 0 Å². The van der Waals surface area contributed by atoms with Gasteiger partial charge in [-0.15, -0.1) is 0 Å². The quantitative estimate of drug-likeness (QED) is 0.160. The van der Waals surface area contributed by atoms with Gasteiger partial charge >= 0.3 is 0 Å². The summed E-state index contributed by atoms with van der Waals surface area (Å²) < 4.78 is 4.72. The molecule has 0 atom stereocenters. The van der Waals surface area contributed by atoms with Crippen molar-refractivity contribution < 1.29 is 0 Å². The van der Waals surface area contributed by atoms with Crippen LogP contribution in [0.1, 0.15) is 11.1 Å². The molecule has 0 spiro atoms. The predicted molar refractivity (Wildman–Crippen MR) is 267 cm³/mol. The van der Waals surface area contributed by atoms with Crippen molar-refractivity contribution in [2.75, 3.05) is 0 Å². The highest BCUT2D eigenvalue weighted by Crippen LogP contribution is 2.45. The summed E-state index contributed by atoms with van der Waals surface area (Å²) in [6.45, 7) is 0. The fraction of sp³-hybridized carbons (Fsp3) is 0. The fourth-order valence-corrected chi connectivity index (χ4v) is 9.59. The first-order valence-electron chi connectivity index (χ1n) is 21.8. The monoisotopic (exact) mass is 840 g/mol. The van der Waals surface area contributed by atoms with Crippen LogP contribution >= 0.6 is 0 Å². The molecule has 0 fully saturated rings. The second-order valence-electron chi connectivity index (χ2n) is 16.4. The number of fused-ring (bicyclic) bond motifs is 6. The minimum Gasteiger partial charge on any atom is -0.309 e. The number of nitrogens with zero attached hydrogens (tertiary/aromatic N) is 6. The van der Waals surface area contributed by atoms with Crippen LogP contribution in [0.5, 0.6) is 0 Å². The van der Waals surface area contributed by atoms with Crippen molar-refractivity contribution in [3.8, 4) is 79.7 Å². The van der Waals surface area contributed by atoms with E-state index >= 15 is 0 Å². The Hall–Kier alpha value is -9.36. The van der Waals surface area contributed by atoms with Crippen LogP contribution in [-0.2, 0) is 0 Å². The summed E-state index contributed by atoms with van der Waals surface area (Å²) in [5.41, 5.74) is 15.2. The molecule has 6 nitrogen and oxygen atoms in total. The molecule has 3 heterocycles. The standard InChI is InChI=1S/C60H36N6/c61-37-39-15-13-21-43(31-39)50-33-45(54-36-53(41-17-3-1-4-18-41)63-60(64-54)42-19-5-2-6-20-42)34-51(44-22-14-16-40(32-44)38-62)59(50)66-57-28-12-9-25-49(57)52-35-46(29-30-58(52)66)65-55-26-10-7-23-47(55)48-24-8-11-27-56(48)65/h1-36H. The van der Waals surface area contributed by atoms with E-state index in [2.05, 4.69) is 155 Å². The molecule has 12 aromatic rings. The average molecular weight is 841 g/mol. The van der Waals surface area contributed by atoms with Crippen molar-refractivity contribution in [2.24, 2.45) is 0 Å². The Kier molecular flexibility index (Phi) is 9.16. The highest BCUT2D eigenvalue weighted by atomic mass is 15.0. The summed E-state index contributed by atoms with van der Waals surface area (Å²) >= 11 is 0. The highest BCUT2D eigenvalue weighted by molar-refractivity contribution is 6.13. The molecule has 0 bridgehead atoms. The second kappa shape index (κ2) is 15.8. The van der Waals surface area contributed by atoms with Crippen LogP contribution < -0.4 is 0 Å². The summed E-state index contributed by atoms with van der Waals surface area (Å²) in [4.78, 5) is 10.4. The van der Waals surface area contributed by atoms with Crippen LogP contribution in [-0.4, -0.2) is 19.1 Å². The van der Waals surface area contributed by atoms with Crippen molar-refractivity contribution in [3.63, 3.8) is 0 Å². The summed E-state index contributed by atoms with van der Waals surface area (Å²) in [5, 5.41) is 25.2. The first kappa shape index (κ1) is 38.3. The number of para-hydroxylation sites is 3. The molecular formula is C60H36N6. The largest absolute Gasteiger partial charge is 0.309 e. The van der Waals surface area contributed by atoms with Crippen LogP contribution in [0.3, 0.4) is 0 Å². The molecule has 9 aromatic carbocycles. The van der Waals surface area contributed by atoms with E-state index in [0.717, 1.165) is 94.5 Å². The van der Waals surface area contributed by atoms with Crippen LogP contribution in [0.15, 0.2) is 218 Å². The minimum absolute atomic E-state index is 0.551. The molecule has 0 N–H and O–H groups in total. The third-order valence-corrected chi connectivity index (χ3v) is 12.6. The lowest BCUT2D eigenvalue weighted by atomic mass is 9.90.